The van der Waals surface area contributed by atoms with Crippen molar-refractivity contribution in [3.05, 3.63) is 0 Å². The van der Waals surface area contributed by atoms with Crippen molar-refractivity contribution < 1.29 is 19.0 Å². The average Bonchev–Trinajstić information content (AvgIpc) is 2.27. The van der Waals surface area contributed by atoms with E-state index in [1.807, 2.05) is 6.92 Å². The fourth-order valence-electron chi connectivity index (χ4n) is 1.28. The third-order valence-electron chi connectivity index (χ3n) is 2.22. The van der Waals surface area contributed by atoms with Gasteiger partial charge in [-0.2, -0.15) is 11.8 Å². The maximum Gasteiger partial charge on any atom is 0.306 e. The van der Waals surface area contributed by atoms with Gasteiger partial charge in [0.1, 0.15) is 6.79 Å². The van der Waals surface area contributed by atoms with Gasteiger partial charge in [-0.3, -0.25) is 4.79 Å². The molecule has 1 heterocycles. The number of methoxy groups -OCH3 is 1. The first-order valence-electron chi connectivity index (χ1n) is 5.10. The summed E-state index contributed by atoms with van der Waals surface area (Å²) in [6.45, 7) is 3.20. The van der Waals surface area contributed by atoms with Gasteiger partial charge in [0.2, 0.25) is 0 Å². The van der Waals surface area contributed by atoms with E-state index in [9.17, 15) is 4.79 Å². The first kappa shape index (κ1) is 12.8. The van der Waals surface area contributed by atoms with Crippen LogP contribution in [-0.4, -0.2) is 43.6 Å². The summed E-state index contributed by atoms with van der Waals surface area (Å²) in [5.41, 5.74) is 0. The highest BCUT2D eigenvalue weighted by molar-refractivity contribution is 7.99. The molecule has 1 fully saturated rings. The van der Waals surface area contributed by atoms with Gasteiger partial charge in [0.25, 0.3) is 0 Å². The summed E-state index contributed by atoms with van der Waals surface area (Å²) >= 11 is 1.75. The largest absolute Gasteiger partial charge is 0.469 e. The fraction of sp³-hybridized carbons (Fsp3) is 0.900. The van der Waals surface area contributed by atoms with Crippen LogP contribution >= 0.6 is 11.8 Å². The van der Waals surface area contributed by atoms with Gasteiger partial charge in [0, 0.05) is 11.0 Å². The number of carbonyl (C=O) groups is 1. The quantitative estimate of drug-likeness (QED) is 0.673. The molecular formula is C10H18O4S. The van der Waals surface area contributed by atoms with Crippen LogP contribution in [-0.2, 0) is 19.0 Å². The van der Waals surface area contributed by atoms with E-state index in [1.165, 1.54) is 7.11 Å². The predicted molar refractivity (Wildman–Crippen MR) is 58.9 cm³/mol. The summed E-state index contributed by atoms with van der Waals surface area (Å²) in [7, 11) is 1.42. The molecule has 0 aromatic rings. The second-order valence-corrected chi connectivity index (χ2v) is 5.00. The van der Waals surface area contributed by atoms with E-state index in [0.29, 0.717) is 13.2 Å². The normalized spacial score (nSPS) is 23.5. The fourth-order valence-corrected chi connectivity index (χ4v) is 2.34. The van der Waals surface area contributed by atoms with Gasteiger partial charge >= 0.3 is 5.97 Å². The zero-order valence-electron chi connectivity index (χ0n) is 9.23. The van der Waals surface area contributed by atoms with E-state index in [2.05, 4.69) is 4.74 Å². The smallest absolute Gasteiger partial charge is 0.306 e. The lowest BCUT2D eigenvalue weighted by Crippen LogP contribution is -2.26. The summed E-state index contributed by atoms with van der Waals surface area (Å²) in [5, 5.41) is 0.281. The Kier molecular flexibility index (Phi) is 6.05. The Labute approximate surface area is 94.6 Å². The molecule has 0 amide bonds. The van der Waals surface area contributed by atoms with Crippen LogP contribution in [0.5, 0.6) is 0 Å². The molecule has 0 saturated carbocycles. The predicted octanol–water partition coefficient (Wildman–Crippen LogP) is 1.43. The third kappa shape index (κ3) is 5.39. The summed E-state index contributed by atoms with van der Waals surface area (Å²) < 4.78 is 15.1. The molecular weight excluding hydrogens is 216 g/mol. The van der Waals surface area contributed by atoms with Crippen LogP contribution in [0.15, 0.2) is 0 Å². The lowest BCUT2D eigenvalue weighted by Gasteiger charge is -2.23. The second kappa shape index (κ2) is 7.09. The number of hydrogen-bond donors (Lipinski definition) is 0. The molecule has 1 aliphatic rings. The first-order valence-corrected chi connectivity index (χ1v) is 6.15. The van der Waals surface area contributed by atoms with Crippen molar-refractivity contribution in [3.8, 4) is 0 Å². The molecule has 15 heavy (non-hydrogen) atoms. The van der Waals surface area contributed by atoms with Crippen molar-refractivity contribution in [2.24, 2.45) is 0 Å². The molecule has 1 saturated heterocycles. The molecule has 2 unspecified atom stereocenters. The Morgan fingerprint density at radius 1 is 1.67 bits per heavy atom. The van der Waals surface area contributed by atoms with Gasteiger partial charge in [-0.1, -0.05) is 6.92 Å². The number of hydrogen-bond acceptors (Lipinski definition) is 5. The lowest BCUT2D eigenvalue weighted by atomic mass is 10.3. The van der Waals surface area contributed by atoms with Crippen molar-refractivity contribution in [3.63, 3.8) is 0 Å². The summed E-state index contributed by atoms with van der Waals surface area (Å²) in [6.07, 6.45) is 1.67. The van der Waals surface area contributed by atoms with Crippen molar-refractivity contribution in [1.29, 1.82) is 0 Å². The highest BCUT2D eigenvalue weighted by atomic mass is 32.2. The number of esters is 1. The minimum Gasteiger partial charge on any atom is -0.469 e. The van der Waals surface area contributed by atoms with Gasteiger partial charge in [-0.25, -0.2) is 0 Å². The van der Waals surface area contributed by atoms with E-state index in [0.717, 1.165) is 18.8 Å². The molecule has 0 bridgehead atoms. The molecule has 4 nitrogen and oxygen atoms in total. The number of carbonyl (C=O) groups excluding carboxylic acids is 1. The minimum absolute atomic E-state index is 0.150. The summed E-state index contributed by atoms with van der Waals surface area (Å²) in [4.78, 5) is 11.0. The molecule has 2 atom stereocenters. The zero-order chi connectivity index (χ0) is 11.1. The molecule has 88 valence electrons. The Balaban J connectivity index is 2.09. The molecule has 0 aliphatic carbocycles. The van der Waals surface area contributed by atoms with E-state index in [1.54, 1.807) is 11.8 Å². The Hall–Kier alpha value is -0.260. The highest BCUT2D eigenvalue weighted by Gasteiger charge is 2.17. The molecule has 1 aliphatic heterocycles. The Morgan fingerprint density at radius 3 is 3.07 bits per heavy atom. The average molecular weight is 234 g/mol. The van der Waals surface area contributed by atoms with Crippen LogP contribution in [0.3, 0.4) is 0 Å². The van der Waals surface area contributed by atoms with Crippen LogP contribution in [0.4, 0.5) is 0 Å². The van der Waals surface area contributed by atoms with Crippen LogP contribution in [0, 0.1) is 0 Å². The SMILES string of the molecule is COC(=O)CC(C)SCC1CCOCO1. The number of thioether (sulfide) groups is 1. The zero-order valence-corrected chi connectivity index (χ0v) is 10.0. The van der Waals surface area contributed by atoms with Gasteiger partial charge in [0.15, 0.2) is 0 Å². The van der Waals surface area contributed by atoms with Crippen molar-refractivity contribution in [2.75, 3.05) is 26.3 Å². The molecule has 0 spiro atoms. The molecule has 0 aromatic heterocycles. The van der Waals surface area contributed by atoms with E-state index in [-0.39, 0.29) is 17.3 Å². The van der Waals surface area contributed by atoms with Gasteiger partial charge in [-0.15, -0.1) is 0 Å². The molecule has 5 heteroatoms. The van der Waals surface area contributed by atoms with E-state index < -0.39 is 0 Å². The monoisotopic (exact) mass is 234 g/mol. The number of rotatable bonds is 5. The van der Waals surface area contributed by atoms with Crippen LogP contribution in [0.25, 0.3) is 0 Å². The standard InChI is InChI=1S/C10H18O4S/c1-8(5-10(11)12-2)15-6-9-3-4-13-7-14-9/h8-9H,3-7H2,1-2H3. The van der Waals surface area contributed by atoms with Crippen molar-refractivity contribution in [2.45, 2.75) is 31.1 Å². The maximum absolute atomic E-state index is 11.0. The third-order valence-corrected chi connectivity index (χ3v) is 3.52. The van der Waals surface area contributed by atoms with Gasteiger partial charge < -0.3 is 14.2 Å². The summed E-state index contributed by atoms with van der Waals surface area (Å²) in [6, 6.07) is 0. The van der Waals surface area contributed by atoms with Gasteiger partial charge in [-0.05, 0) is 6.42 Å². The van der Waals surface area contributed by atoms with E-state index >= 15 is 0 Å². The van der Waals surface area contributed by atoms with Crippen LogP contribution < -0.4 is 0 Å². The molecule has 0 aromatic carbocycles. The van der Waals surface area contributed by atoms with Crippen LogP contribution in [0.1, 0.15) is 19.8 Å². The van der Waals surface area contributed by atoms with Crippen molar-refractivity contribution >= 4 is 17.7 Å². The summed E-state index contributed by atoms with van der Waals surface area (Å²) in [5.74, 6) is 0.768. The second-order valence-electron chi connectivity index (χ2n) is 3.53. The number of ether oxygens (including phenoxy) is 3. The maximum atomic E-state index is 11.0. The molecule has 0 radical (unpaired) electrons. The topological polar surface area (TPSA) is 44.8 Å². The minimum atomic E-state index is -0.150. The first-order chi connectivity index (χ1) is 7.22. The highest BCUT2D eigenvalue weighted by Crippen LogP contribution is 2.19. The van der Waals surface area contributed by atoms with Gasteiger partial charge in [0.05, 0.1) is 26.2 Å². The van der Waals surface area contributed by atoms with Crippen LogP contribution in [0.2, 0.25) is 0 Å². The van der Waals surface area contributed by atoms with Crippen molar-refractivity contribution in [1.82, 2.24) is 0 Å². The molecule has 1 rings (SSSR count). The van der Waals surface area contributed by atoms with E-state index in [4.69, 9.17) is 9.47 Å². The Morgan fingerprint density at radius 2 is 2.47 bits per heavy atom. The lowest BCUT2D eigenvalue weighted by molar-refractivity contribution is -0.140. The molecule has 0 N–H and O–H groups in total. The Bertz CT molecular complexity index is 192.